The number of hydrogen-bond acceptors (Lipinski definition) is 8. The van der Waals surface area contributed by atoms with E-state index in [1.165, 1.54) is 198 Å². The van der Waals surface area contributed by atoms with Gasteiger partial charge < -0.3 is 0 Å². The first-order valence-corrected chi connectivity index (χ1v) is 41.8. The Morgan fingerprint density at radius 3 is 0.760 bits per heavy atom. The van der Waals surface area contributed by atoms with Gasteiger partial charge in [-0.15, -0.1) is 90.7 Å². The van der Waals surface area contributed by atoms with Gasteiger partial charge in [0.15, 0.2) is 0 Å². The van der Waals surface area contributed by atoms with Crippen LogP contribution in [0.3, 0.4) is 0 Å². The molecule has 8 heteroatoms. The summed E-state index contributed by atoms with van der Waals surface area (Å²) in [5.41, 5.74) is 18.4. The molecule has 0 bridgehead atoms. The summed E-state index contributed by atoms with van der Waals surface area (Å²) < 4.78 is 11.3. The largest absolute Gasteiger partial charge is 0.141 e. The summed E-state index contributed by atoms with van der Waals surface area (Å²) in [7, 11) is 0. The third kappa shape index (κ3) is 18.4. The lowest BCUT2D eigenvalue weighted by Gasteiger charge is -2.05. The van der Waals surface area contributed by atoms with E-state index in [9.17, 15) is 0 Å². The molecular formula is C96H86S8. The maximum atomic E-state index is 2.33. The molecule has 0 aliphatic rings. The van der Waals surface area contributed by atoms with E-state index in [-0.39, 0.29) is 0 Å². The van der Waals surface area contributed by atoms with Crippen molar-refractivity contribution in [1.29, 1.82) is 0 Å². The van der Waals surface area contributed by atoms with Crippen molar-refractivity contribution in [3.05, 3.63) is 342 Å². The maximum absolute atomic E-state index is 2.33. The second kappa shape index (κ2) is 33.0. The lowest BCUT2D eigenvalue weighted by Crippen LogP contribution is -1.80. The molecule has 0 atom stereocenters. The molecule has 0 radical (unpaired) electrons. The van der Waals surface area contributed by atoms with Gasteiger partial charge >= 0.3 is 0 Å². The van der Waals surface area contributed by atoms with E-state index >= 15 is 0 Å². The molecule has 0 unspecified atom stereocenters. The molecule has 0 spiro atoms. The Balaban J connectivity index is 0.000000110. The minimum Gasteiger partial charge on any atom is -0.141 e. The smallest absolute Gasteiger partial charge is 0.0463 e. The van der Waals surface area contributed by atoms with Crippen molar-refractivity contribution in [3.63, 3.8) is 0 Å². The molecule has 0 amide bonds. The highest BCUT2D eigenvalue weighted by Gasteiger charge is 2.12. The molecule has 11 aromatic carbocycles. The minimum absolute atomic E-state index is 1.30. The Morgan fingerprint density at radius 1 is 0.144 bits per heavy atom. The highest BCUT2D eigenvalue weighted by atomic mass is 32.1. The van der Waals surface area contributed by atoms with Crippen molar-refractivity contribution >= 4 is 171 Å². The van der Waals surface area contributed by atoms with E-state index in [0.29, 0.717) is 0 Å². The Labute approximate surface area is 646 Å². The number of thiophene rings is 8. The first kappa shape index (κ1) is 73.4. The van der Waals surface area contributed by atoms with Crippen LogP contribution < -0.4 is 0 Å². The van der Waals surface area contributed by atoms with Gasteiger partial charge in [0.1, 0.15) is 0 Å². The second-order valence-electron chi connectivity index (χ2n) is 27.4. The third-order valence-corrected chi connectivity index (χ3v) is 27.0. The number of fused-ring (bicyclic) bond motifs is 10. The number of aryl methyl sites for hydroxylation is 14. The Morgan fingerprint density at radius 2 is 0.413 bits per heavy atom. The molecule has 0 saturated heterocycles. The number of hydrogen-bond donors (Lipinski definition) is 0. The van der Waals surface area contributed by atoms with E-state index in [1.807, 2.05) is 90.7 Å². The van der Waals surface area contributed by atoms with Gasteiger partial charge in [-0.05, 0) is 235 Å². The molecule has 0 aliphatic heterocycles. The SMILES string of the molecule is Cc1cc2cc3sc(C)cc3cc2s1.Cc1cc2sc(C)cc2s1.Cc1ccc(-c2cc3sc(-c4ccc(C)cc4)cc3s2)cc1.Cc1ccc(-c2ccc(-c3ccc(C)cc3)s2)cc1.Cc1ccc(C)cc1.Cc1ccc2c(c1)sc1cc(C)ccc12.Cc1ccc2c(ccc3cc(C)ccc32)c1. The topological polar surface area (TPSA) is 0 Å². The summed E-state index contributed by atoms with van der Waals surface area (Å²) in [5.74, 6) is 0. The fourth-order valence-corrected chi connectivity index (χ4v) is 21.4. The molecule has 8 heterocycles. The molecule has 518 valence electrons. The van der Waals surface area contributed by atoms with Gasteiger partial charge in [0.05, 0.1) is 0 Å². The van der Waals surface area contributed by atoms with Gasteiger partial charge in [0.2, 0.25) is 0 Å². The minimum atomic E-state index is 1.30. The van der Waals surface area contributed by atoms with Crippen LogP contribution in [-0.2, 0) is 0 Å². The van der Waals surface area contributed by atoms with Crippen LogP contribution in [-0.4, -0.2) is 0 Å². The first-order valence-electron chi connectivity index (χ1n) is 35.3. The van der Waals surface area contributed by atoms with Crippen LogP contribution in [0.1, 0.15) is 75.1 Å². The second-order valence-corrected chi connectivity index (χ2v) is 36.9. The molecule has 0 N–H and O–H groups in total. The van der Waals surface area contributed by atoms with Crippen LogP contribution >= 0.6 is 90.7 Å². The molecule has 0 nitrogen and oxygen atoms in total. The first-order chi connectivity index (χ1) is 50.1. The van der Waals surface area contributed by atoms with Crippen molar-refractivity contribution in [1.82, 2.24) is 0 Å². The summed E-state index contributed by atoms with van der Waals surface area (Å²) in [6.45, 7) is 29.9. The predicted molar refractivity (Wildman–Crippen MR) is 476 cm³/mol. The normalized spacial score (nSPS) is 11.0. The summed E-state index contributed by atoms with van der Waals surface area (Å²) >= 11 is 15.0. The predicted octanol–water partition coefficient (Wildman–Crippen LogP) is 32.5. The van der Waals surface area contributed by atoms with E-state index in [4.69, 9.17) is 0 Å². The highest BCUT2D eigenvalue weighted by molar-refractivity contribution is 7.31. The van der Waals surface area contributed by atoms with Crippen LogP contribution in [0.2, 0.25) is 0 Å². The molecule has 0 saturated carbocycles. The summed E-state index contributed by atoms with van der Waals surface area (Å²) in [6, 6.07) is 97.4. The average Bonchev–Trinajstić information content (AvgIpc) is 1.60. The Kier molecular flexibility index (Phi) is 23.3. The van der Waals surface area contributed by atoms with Crippen LogP contribution in [0, 0.1) is 96.9 Å². The van der Waals surface area contributed by atoms with Gasteiger partial charge in [0, 0.05) is 87.4 Å². The van der Waals surface area contributed by atoms with E-state index in [1.54, 1.807) is 0 Å². The average molecular weight is 1500 g/mol. The lowest BCUT2D eigenvalue weighted by molar-refractivity contribution is 1.40. The summed E-state index contributed by atoms with van der Waals surface area (Å²) in [4.78, 5) is 11.0. The van der Waals surface area contributed by atoms with Crippen molar-refractivity contribution in [2.75, 3.05) is 0 Å². The van der Waals surface area contributed by atoms with Gasteiger partial charge in [-0.2, -0.15) is 0 Å². The van der Waals surface area contributed by atoms with Crippen LogP contribution in [0.4, 0.5) is 0 Å². The maximum Gasteiger partial charge on any atom is 0.0463 e. The zero-order valence-corrected chi connectivity index (χ0v) is 68.2. The van der Waals surface area contributed by atoms with Gasteiger partial charge in [-0.25, -0.2) is 0 Å². The van der Waals surface area contributed by atoms with E-state index < -0.39 is 0 Å². The molecular weight excluding hydrogens is 1410 g/mol. The standard InChI is InChI=1S/C20H16S2.C18H16S.C16H14.C14H12S.C12H10S2.C8H8S2.C8H10/c1-13-3-7-15(8-4-13)17-11-19-20(21-17)12-18(22-19)16-9-5-14(2)6-10-16;1-13-3-7-15(8-4-13)17-11-12-18(19-17)16-9-5-14(2)6-10-16;1-11-3-7-15-13(9-11)5-6-14-10-12(2)4-8-16(14)15;1-9-3-5-11-12-6-4-10(2)8-14(12)15-13(11)7-9;1-7-3-9-5-12-10(4-8(2)14-12)6-11(9)13-7;1-5-3-7-8(9-5)4-6(2)10-7;1-7-3-5-8(2)6-4-7/h3-12H,1-2H3;3-12H,1-2H3;3-10H,1-2H3;3-8H,1-2H3;3-6H,1-2H3;3-4H,1-2H3;3-6H,1-2H3. The summed E-state index contributed by atoms with van der Waals surface area (Å²) in [6.07, 6.45) is 0. The molecule has 0 fully saturated rings. The molecule has 19 rings (SSSR count). The third-order valence-electron chi connectivity index (χ3n) is 18.2. The van der Waals surface area contributed by atoms with E-state index in [0.717, 1.165) is 0 Å². The Hall–Kier alpha value is -8.90. The number of rotatable bonds is 4. The zero-order chi connectivity index (χ0) is 72.7. The molecule has 8 aromatic heterocycles. The van der Waals surface area contributed by atoms with Crippen LogP contribution in [0.15, 0.2) is 267 Å². The van der Waals surface area contributed by atoms with Crippen molar-refractivity contribution in [2.45, 2.75) is 96.9 Å². The van der Waals surface area contributed by atoms with Crippen molar-refractivity contribution < 1.29 is 0 Å². The van der Waals surface area contributed by atoms with Crippen LogP contribution in [0.25, 0.3) is 122 Å². The van der Waals surface area contributed by atoms with Crippen molar-refractivity contribution in [2.24, 2.45) is 0 Å². The van der Waals surface area contributed by atoms with E-state index in [2.05, 4.69) is 364 Å². The molecule has 19 aromatic rings. The van der Waals surface area contributed by atoms with Gasteiger partial charge in [-0.1, -0.05) is 239 Å². The molecule has 104 heavy (non-hydrogen) atoms. The summed E-state index contributed by atoms with van der Waals surface area (Å²) in [5, 5.41) is 10.9. The van der Waals surface area contributed by atoms with Gasteiger partial charge in [0.25, 0.3) is 0 Å². The van der Waals surface area contributed by atoms with Crippen LogP contribution in [0.5, 0.6) is 0 Å². The van der Waals surface area contributed by atoms with Crippen molar-refractivity contribution in [3.8, 4) is 41.8 Å². The quantitative estimate of drug-likeness (QED) is 0.154. The zero-order valence-electron chi connectivity index (χ0n) is 61.7. The molecule has 0 aliphatic carbocycles. The fraction of sp³-hybridized carbons (Fsp3) is 0.146. The lowest BCUT2D eigenvalue weighted by atomic mass is 9.99. The fourth-order valence-electron chi connectivity index (χ4n) is 12.5. The Bertz CT molecular complexity index is 5630. The number of benzene rings is 11. The van der Waals surface area contributed by atoms with Gasteiger partial charge in [-0.3, -0.25) is 0 Å². The monoisotopic (exact) mass is 1490 g/mol. The highest BCUT2D eigenvalue weighted by Crippen LogP contribution is 2.43.